The molecule has 1 unspecified atom stereocenters. The smallest absolute Gasteiger partial charge is 0.159 e. The molecule has 0 bridgehead atoms. The standard InChI is InChI=1S/C16H24N4/c1-12(2)11-20-15(10-13-6-5-9-19(13)3)18-14-7-4-8-17-16(14)20/h4,7-8,12-13H,5-6,9-11H2,1-3H3. The lowest BCUT2D eigenvalue weighted by Crippen LogP contribution is -2.28. The molecule has 3 heterocycles. The van der Waals surface area contributed by atoms with Crippen molar-refractivity contribution < 1.29 is 0 Å². The molecule has 0 radical (unpaired) electrons. The Kier molecular flexibility index (Phi) is 3.74. The molecule has 0 N–H and O–H groups in total. The molecule has 1 aliphatic rings. The number of rotatable bonds is 4. The first-order valence-electron chi connectivity index (χ1n) is 7.65. The van der Waals surface area contributed by atoms with Crippen LogP contribution in [0.15, 0.2) is 18.3 Å². The van der Waals surface area contributed by atoms with Crippen LogP contribution < -0.4 is 0 Å². The number of hydrogen-bond acceptors (Lipinski definition) is 3. The van der Waals surface area contributed by atoms with Gasteiger partial charge in [0, 0.05) is 25.2 Å². The highest BCUT2D eigenvalue weighted by Crippen LogP contribution is 2.22. The summed E-state index contributed by atoms with van der Waals surface area (Å²) in [6, 6.07) is 4.68. The van der Waals surface area contributed by atoms with Gasteiger partial charge in [-0.05, 0) is 44.5 Å². The Morgan fingerprint density at radius 3 is 2.95 bits per heavy atom. The number of hydrogen-bond donors (Lipinski definition) is 0. The lowest BCUT2D eigenvalue weighted by molar-refractivity contribution is 0.302. The fourth-order valence-corrected chi connectivity index (χ4v) is 3.17. The Bertz CT molecular complexity index is 587. The second kappa shape index (κ2) is 5.52. The third-order valence-electron chi connectivity index (χ3n) is 4.22. The van der Waals surface area contributed by atoms with Crippen LogP contribution in [0.4, 0.5) is 0 Å². The SMILES string of the molecule is CC(C)Cn1c(CC2CCCN2C)nc2cccnc21. The summed E-state index contributed by atoms with van der Waals surface area (Å²) < 4.78 is 2.33. The van der Waals surface area contributed by atoms with Gasteiger partial charge in [-0.25, -0.2) is 9.97 Å². The van der Waals surface area contributed by atoms with E-state index >= 15 is 0 Å². The van der Waals surface area contributed by atoms with Crippen molar-refractivity contribution in [3.63, 3.8) is 0 Å². The second-order valence-corrected chi connectivity index (χ2v) is 6.36. The summed E-state index contributed by atoms with van der Waals surface area (Å²) in [4.78, 5) is 11.8. The van der Waals surface area contributed by atoms with E-state index < -0.39 is 0 Å². The van der Waals surface area contributed by atoms with Gasteiger partial charge in [0.15, 0.2) is 5.65 Å². The highest BCUT2D eigenvalue weighted by atomic mass is 15.2. The third-order valence-corrected chi connectivity index (χ3v) is 4.22. The molecule has 0 amide bonds. The second-order valence-electron chi connectivity index (χ2n) is 6.36. The maximum atomic E-state index is 4.84. The average Bonchev–Trinajstić information content (AvgIpc) is 2.96. The van der Waals surface area contributed by atoms with Gasteiger partial charge in [0.25, 0.3) is 0 Å². The third kappa shape index (κ3) is 2.57. The molecular formula is C16H24N4. The summed E-state index contributed by atoms with van der Waals surface area (Å²) in [5, 5.41) is 0. The van der Waals surface area contributed by atoms with E-state index in [1.54, 1.807) is 0 Å². The molecule has 108 valence electrons. The number of likely N-dealkylation sites (N-methyl/N-ethyl adjacent to an activating group) is 1. The Labute approximate surface area is 120 Å². The molecule has 0 aromatic carbocycles. The highest BCUT2D eigenvalue weighted by molar-refractivity contribution is 5.71. The molecular weight excluding hydrogens is 248 g/mol. The molecule has 2 aromatic rings. The fourth-order valence-electron chi connectivity index (χ4n) is 3.17. The van der Waals surface area contributed by atoms with Crippen LogP contribution in [-0.2, 0) is 13.0 Å². The monoisotopic (exact) mass is 272 g/mol. The zero-order chi connectivity index (χ0) is 14.1. The van der Waals surface area contributed by atoms with Crippen molar-refractivity contribution in [1.29, 1.82) is 0 Å². The van der Waals surface area contributed by atoms with Crippen molar-refractivity contribution >= 4 is 11.2 Å². The zero-order valence-corrected chi connectivity index (χ0v) is 12.7. The van der Waals surface area contributed by atoms with Gasteiger partial charge in [0.05, 0.1) is 0 Å². The molecule has 4 nitrogen and oxygen atoms in total. The van der Waals surface area contributed by atoms with Crippen LogP contribution in [0.5, 0.6) is 0 Å². The van der Waals surface area contributed by atoms with E-state index in [9.17, 15) is 0 Å². The van der Waals surface area contributed by atoms with Gasteiger partial charge in [-0.2, -0.15) is 0 Å². The van der Waals surface area contributed by atoms with Crippen LogP contribution in [-0.4, -0.2) is 39.1 Å². The number of imidazole rings is 1. The van der Waals surface area contributed by atoms with Gasteiger partial charge in [-0.1, -0.05) is 13.8 Å². The van der Waals surface area contributed by atoms with Crippen LogP contribution in [0, 0.1) is 5.92 Å². The van der Waals surface area contributed by atoms with E-state index in [-0.39, 0.29) is 0 Å². The van der Waals surface area contributed by atoms with Gasteiger partial charge in [-0.3, -0.25) is 0 Å². The molecule has 1 fully saturated rings. The topological polar surface area (TPSA) is 34.0 Å². The maximum Gasteiger partial charge on any atom is 0.159 e. The first kappa shape index (κ1) is 13.6. The molecule has 1 atom stereocenters. The Morgan fingerprint density at radius 2 is 2.25 bits per heavy atom. The molecule has 0 saturated carbocycles. The molecule has 2 aromatic heterocycles. The van der Waals surface area contributed by atoms with E-state index in [2.05, 4.69) is 41.4 Å². The van der Waals surface area contributed by atoms with Crippen molar-refractivity contribution in [2.75, 3.05) is 13.6 Å². The Morgan fingerprint density at radius 1 is 1.40 bits per heavy atom. The largest absolute Gasteiger partial charge is 0.312 e. The van der Waals surface area contributed by atoms with Gasteiger partial charge >= 0.3 is 0 Å². The first-order chi connectivity index (χ1) is 9.65. The first-order valence-corrected chi connectivity index (χ1v) is 7.65. The predicted molar refractivity (Wildman–Crippen MR) is 81.7 cm³/mol. The van der Waals surface area contributed by atoms with E-state index in [0.29, 0.717) is 12.0 Å². The number of likely N-dealkylation sites (tertiary alicyclic amines) is 1. The van der Waals surface area contributed by atoms with E-state index in [1.165, 1.54) is 25.2 Å². The van der Waals surface area contributed by atoms with Crippen molar-refractivity contribution in [2.45, 2.75) is 45.7 Å². The van der Waals surface area contributed by atoms with E-state index in [4.69, 9.17) is 4.98 Å². The Hall–Kier alpha value is -1.42. The number of nitrogens with zero attached hydrogens (tertiary/aromatic N) is 4. The van der Waals surface area contributed by atoms with Crippen molar-refractivity contribution in [2.24, 2.45) is 5.92 Å². The maximum absolute atomic E-state index is 4.84. The van der Waals surface area contributed by atoms with Gasteiger partial charge < -0.3 is 9.47 Å². The molecule has 1 saturated heterocycles. The van der Waals surface area contributed by atoms with Crippen LogP contribution >= 0.6 is 0 Å². The summed E-state index contributed by atoms with van der Waals surface area (Å²) >= 11 is 0. The Balaban J connectivity index is 1.95. The summed E-state index contributed by atoms with van der Waals surface area (Å²) in [6.07, 6.45) is 5.50. The molecule has 0 spiro atoms. The minimum absolute atomic E-state index is 0.606. The van der Waals surface area contributed by atoms with Crippen LogP contribution in [0.2, 0.25) is 0 Å². The fraction of sp³-hybridized carbons (Fsp3) is 0.625. The molecule has 0 aliphatic carbocycles. The van der Waals surface area contributed by atoms with Crippen LogP contribution in [0.3, 0.4) is 0 Å². The number of pyridine rings is 1. The molecule has 3 rings (SSSR count). The summed E-state index contributed by atoms with van der Waals surface area (Å²) in [6.45, 7) is 6.72. The normalized spacial score (nSPS) is 20.3. The molecule has 20 heavy (non-hydrogen) atoms. The molecule has 1 aliphatic heterocycles. The summed E-state index contributed by atoms with van der Waals surface area (Å²) in [7, 11) is 2.23. The molecule has 4 heteroatoms. The van der Waals surface area contributed by atoms with E-state index in [1.807, 2.05) is 12.3 Å². The highest BCUT2D eigenvalue weighted by Gasteiger charge is 2.24. The summed E-state index contributed by atoms with van der Waals surface area (Å²) in [5.74, 6) is 1.81. The average molecular weight is 272 g/mol. The lowest BCUT2D eigenvalue weighted by atomic mass is 10.1. The van der Waals surface area contributed by atoms with Crippen molar-refractivity contribution in [1.82, 2.24) is 19.4 Å². The van der Waals surface area contributed by atoms with E-state index in [0.717, 1.165) is 24.1 Å². The number of aromatic nitrogens is 3. The quantitative estimate of drug-likeness (QED) is 0.858. The minimum Gasteiger partial charge on any atom is -0.312 e. The lowest BCUT2D eigenvalue weighted by Gasteiger charge is -2.20. The van der Waals surface area contributed by atoms with Crippen molar-refractivity contribution in [3.05, 3.63) is 24.2 Å². The van der Waals surface area contributed by atoms with Crippen LogP contribution in [0.1, 0.15) is 32.5 Å². The minimum atomic E-state index is 0.606. The zero-order valence-electron chi connectivity index (χ0n) is 12.7. The number of fused-ring (bicyclic) bond motifs is 1. The van der Waals surface area contributed by atoms with Gasteiger partial charge in [0.2, 0.25) is 0 Å². The van der Waals surface area contributed by atoms with Gasteiger partial charge in [0.1, 0.15) is 11.3 Å². The summed E-state index contributed by atoms with van der Waals surface area (Å²) in [5.41, 5.74) is 2.07. The predicted octanol–water partition coefficient (Wildman–Crippen LogP) is 2.72. The van der Waals surface area contributed by atoms with Gasteiger partial charge in [-0.15, -0.1) is 0 Å². The van der Waals surface area contributed by atoms with Crippen molar-refractivity contribution in [3.8, 4) is 0 Å². The van der Waals surface area contributed by atoms with Crippen LogP contribution in [0.25, 0.3) is 11.2 Å².